The molecule has 6 heteroatoms. The fourth-order valence-electron chi connectivity index (χ4n) is 1.22. The minimum absolute atomic E-state index is 0.222. The first-order chi connectivity index (χ1) is 8.19. The molecule has 0 amide bonds. The van der Waals surface area contributed by atoms with Crippen LogP contribution in [0.4, 0.5) is 0 Å². The van der Waals surface area contributed by atoms with Crippen molar-refractivity contribution >= 4 is 11.8 Å². The standard InChI is InChI=1S/C11H16N2O3S/c1-3-7-17-11-12-9(14)8(10(15)13-11)5-6-16-4-2/h3H,1,4-7H2,2H3,(H2,12,13,14,15). The maximum Gasteiger partial charge on any atom is 0.258 e. The number of nitrogens with one attached hydrogen (secondary N) is 1. The molecule has 0 aromatic carbocycles. The molecule has 94 valence electrons. The number of aromatic hydroxyl groups is 1. The van der Waals surface area contributed by atoms with Gasteiger partial charge in [-0.25, -0.2) is 0 Å². The summed E-state index contributed by atoms with van der Waals surface area (Å²) < 4.78 is 5.13. The highest BCUT2D eigenvalue weighted by Crippen LogP contribution is 2.16. The second-order valence-electron chi connectivity index (χ2n) is 3.22. The number of ether oxygens (including phenoxy) is 1. The van der Waals surface area contributed by atoms with Crippen molar-refractivity contribution in [3.05, 3.63) is 28.6 Å². The average molecular weight is 256 g/mol. The van der Waals surface area contributed by atoms with Crippen LogP contribution in [0.2, 0.25) is 0 Å². The zero-order valence-corrected chi connectivity index (χ0v) is 10.5. The maximum absolute atomic E-state index is 11.7. The smallest absolute Gasteiger partial charge is 0.258 e. The van der Waals surface area contributed by atoms with Crippen LogP contribution in [0.3, 0.4) is 0 Å². The Morgan fingerprint density at radius 1 is 1.65 bits per heavy atom. The van der Waals surface area contributed by atoms with E-state index in [0.29, 0.717) is 30.5 Å². The third-order valence-electron chi connectivity index (χ3n) is 2.01. The van der Waals surface area contributed by atoms with E-state index in [0.717, 1.165) is 0 Å². The molecule has 1 aromatic rings. The molecule has 0 aliphatic rings. The molecule has 0 unspecified atom stereocenters. The average Bonchev–Trinajstić information content (AvgIpc) is 2.30. The fourth-order valence-corrected chi connectivity index (χ4v) is 1.81. The zero-order valence-electron chi connectivity index (χ0n) is 9.73. The van der Waals surface area contributed by atoms with Crippen molar-refractivity contribution < 1.29 is 9.84 Å². The molecule has 0 fully saturated rings. The van der Waals surface area contributed by atoms with Gasteiger partial charge in [0.2, 0.25) is 5.88 Å². The van der Waals surface area contributed by atoms with Crippen molar-refractivity contribution in [1.82, 2.24) is 9.97 Å². The van der Waals surface area contributed by atoms with Crippen molar-refractivity contribution in [2.24, 2.45) is 0 Å². The number of aromatic amines is 1. The molecular weight excluding hydrogens is 240 g/mol. The molecular formula is C11H16N2O3S. The van der Waals surface area contributed by atoms with Crippen LogP contribution < -0.4 is 5.56 Å². The van der Waals surface area contributed by atoms with E-state index in [2.05, 4.69) is 16.5 Å². The topological polar surface area (TPSA) is 75.2 Å². The molecule has 0 aliphatic carbocycles. The predicted molar refractivity (Wildman–Crippen MR) is 67.6 cm³/mol. The molecule has 5 nitrogen and oxygen atoms in total. The Labute approximate surface area is 104 Å². The lowest BCUT2D eigenvalue weighted by Crippen LogP contribution is -2.17. The van der Waals surface area contributed by atoms with Gasteiger partial charge in [-0.3, -0.25) is 4.79 Å². The first-order valence-electron chi connectivity index (χ1n) is 5.32. The van der Waals surface area contributed by atoms with Crippen LogP contribution >= 0.6 is 11.8 Å². The monoisotopic (exact) mass is 256 g/mol. The summed E-state index contributed by atoms with van der Waals surface area (Å²) >= 11 is 1.31. The quantitative estimate of drug-likeness (QED) is 0.333. The van der Waals surface area contributed by atoms with Crippen LogP contribution in [0, 0.1) is 0 Å². The second kappa shape index (κ2) is 7.13. The van der Waals surface area contributed by atoms with Crippen LogP contribution in [0.15, 0.2) is 22.6 Å². The lowest BCUT2D eigenvalue weighted by Gasteiger charge is -2.05. The first kappa shape index (κ1) is 13.8. The summed E-state index contributed by atoms with van der Waals surface area (Å²) in [4.78, 5) is 18.2. The Bertz CT molecular complexity index is 431. The highest BCUT2D eigenvalue weighted by atomic mass is 32.2. The maximum atomic E-state index is 11.7. The van der Waals surface area contributed by atoms with E-state index in [1.54, 1.807) is 6.08 Å². The zero-order chi connectivity index (χ0) is 12.7. The van der Waals surface area contributed by atoms with Crippen LogP contribution in [-0.2, 0) is 11.2 Å². The van der Waals surface area contributed by atoms with Crippen molar-refractivity contribution in [2.75, 3.05) is 19.0 Å². The molecule has 0 bridgehead atoms. The van der Waals surface area contributed by atoms with Gasteiger partial charge < -0.3 is 14.8 Å². The normalized spacial score (nSPS) is 10.4. The lowest BCUT2D eigenvalue weighted by molar-refractivity contribution is 0.150. The summed E-state index contributed by atoms with van der Waals surface area (Å²) in [6.45, 7) is 6.42. The fraction of sp³-hybridized carbons (Fsp3) is 0.455. The van der Waals surface area contributed by atoms with Crippen molar-refractivity contribution in [1.29, 1.82) is 0 Å². The molecule has 0 saturated carbocycles. The van der Waals surface area contributed by atoms with Gasteiger partial charge in [-0.1, -0.05) is 17.8 Å². The minimum atomic E-state index is -0.316. The Kier molecular flexibility index (Phi) is 5.79. The SMILES string of the molecule is C=CCSc1nc(O)c(CCOCC)c(=O)[nH]1. The molecule has 2 N–H and O–H groups in total. The number of aromatic nitrogens is 2. The van der Waals surface area contributed by atoms with Gasteiger partial charge in [0.15, 0.2) is 5.16 Å². The van der Waals surface area contributed by atoms with Crippen LogP contribution in [0.5, 0.6) is 5.88 Å². The van der Waals surface area contributed by atoms with Gasteiger partial charge in [-0.2, -0.15) is 4.98 Å². The van der Waals surface area contributed by atoms with Crippen LogP contribution in [0.25, 0.3) is 0 Å². The molecule has 0 atom stereocenters. The van der Waals surface area contributed by atoms with E-state index in [1.807, 2.05) is 6.92 Å². The van der Waals surface area contributed by atoms with Crippen LogP contribution in [-0.4, -0.2) is 34.0 Å². The first-order valence-corrected chi connectivity index (χ1v) is 6.31. The largest absolute Gasteiger partial charge is 0.493 e. The molecule has 0 radical (unpaired) electrons. The number of hydrogen-bond donors (Lipinski definition) is 2. The van der Waals surface area contributed by atoms with Crippen molar-refractivity contribution in [3.63, 3.8) is 0 Å². The number of nitrogens with zero attached hydrogens (tertiary/aromatic N) is 1. The number of hydrogen-bond acceptors (Lipinski definition) is 5. The molecule has 1 rings (SSSR count). The molecule has 1 aromatic heterocycles. The summed E-state index contributed by atoms with van der Waals surface area (Å²) in [5, 5.41) is 10.0. The Hall–Kier alpha value is -1.27. The highest BCUT2D eigenvalue weighted by Gasteiger charge is 2.10. The lowest BCUT2D eigenvalue weighted by atomic mass is 10.2. The molecule has 0 aliphatic heterocycles. The van der Waals surface area contributed by atoms with E-state index in [9.17, 15) is 9.90 Å². The van der Waals surface area contributed by atoms with Gasteiger partial charge in [-0.05, 0) is 6.92 Å². The van der Waals surface area contributed by atoms with Gasteiger partial charge in [0.05, 0.1) is 12.2 Å². The van der Waals surface area contributed by atoms with Gasteiger partial charge >= 0.3 is 0 Å². The highest BCUT2D eigenvalue weighted by molar-refractivity contribution is 7.99. The van der Waals surface area contributed by atoms with Gasteiger partial charge in [0.25, 0.3) is 5.56 Å². The van der Waals surface area contributed by atoms with E-state index < -0.39 is 0 Å². The molecule has 1 heterocycles. The van der Waals surface area contributed by atoms with Crippen LogP contribution in [0.1, 0.15) is 12.5 Å². The third kappa shape index (κ3) is 4.24. The molecule has 0 spiro atoms. The summed E-state index contributed by atoms with van der Waals surface area (Å²) in [6.07, 6.45) is 2.05. The van der Waals surface area contributed by atoms with E-state index in [4.69, 9.17) is 4.74 Å². The summed E-state index contributed by atoms with van der Waals surface area (Å²) in [6, 6.07) is 0. The van der Waals surface area contributed by atoms with Gasteiger partial charge in [-0.15, -0.1) is 6.58 Å². The molecule has 17 heavy (non-hydrogen) atoms. The predicted octanol–water partition coefficient (Wildman–Crippen LogP) is 1.33. The third-order valence-corrected chi connectivity index (χ3v) is 2.88. The van der Waals surface area contributed by atoms with Gasteiger partial charge in [0, 0.05) is 18.8 Å². The Morgan fingerprint density at radius 2 is 2.41 bits per heavy atom. The summed E-state index contributed by atoms with van der Waals surface area (Å²) in [5.41, 5.74) is -0.0508. The van der Waals surface area contributed by atoms with Crippen molar-refractivity contribution in [2.45, 2.75) is 18.5 Å². The summed E-state index contributed by atoms with van der Waals surface area (Å²) in [5.74, 6) is 0.403. The second-order valence-corrected chi connectivity index (χ2v) is 4.23. The Morgan fingerprint density at radius 3 is 3.00 bits per heavy atom. The molecule has 0 saturated heterocycles. The summed E-state index contributed by atoms with van der Waals surface area (Å²) in [7, 11) is 0. The number of rotatable bonds is 7. The minimum Gasteiger partial charge on any atom is -0.493 e. The Balaban J connectivity index is 2.79. The van der Waals surface area contributed by atoms with Crippen molar-refractivity contribution in [3.8, 4) is 5.88 Å². The van der Waals surface area contributed by atoms with Gasteiger partial charge in [0.1, 0.15) is 0 Å². The van der Waals surface area contributed by atoms with E-state index in [-0.39, 0.29) is 17.0 Å². The number of H-pyrrole nitrogens is 1. The van der Waals surface area contributed by atoms with E-state index >= 15 is 0 Å². The van der Waals surface area contributed by atoms with E-state index in [1.165, 1.54) is 11.8 Å². The number of thioether (sulfide) groups is 1.